The number of aliphatic hydroxyl groups excluding tert-OH is 1. The van der Waals surface area contributed by atoms with Crippen LogP contribution in [0.25, 0.3) is 0 Å². The van der Waals surface area contributed by atoms with E-state index in [1.54, 1.807) is 6.92 Å². The van der Waals surface area contributed by atoms with E-state index < -0.39 is 5.82 Å². The van der Waals surface area contributed by atoms with Gasteiger partial charge in [0.05, 0.1) is 18.7 Å². The molecule has 0 radical (unpaired) electrons. The van der Waals surface area contributed by atoms with Gasteiger partial charge in [-0.1, -0.05) is 11.6 Å². The molecule has 0 unspecified atom stereocenters. The standard InChI is InChI=1S/C9H10ClFO2/c1-5-3-7(11)8(10)6(4-12)9(5)13-2/h3,12H,4H2,1-2H3. The molecule has 0 saturated heterocycles. The number of hydrogen-bond donors (Lipinski definition) is 1. The van der Waals surface area contributed by atoms with Crippen LogP contribution in [0.2, 0.25) is 5.02 Å². The average molecular weight is 205 g/mol. The summed E-state index contributed by atoms with van der Waals surface area (Å²) in [7, 11) is 1.45. The molecular weight excluding hydrogens is 195 g/mol. The van der Waals surface area contributed by atoms with Gasteiger partial charge >= 0.3 is 0 Å². The van der Waals surface area contributed by atoms with E-state index in [1.165, 1.54) is 13.2 Å². The summed E-state index contributed by atoms with van der Waals surface area (Å²) in [4.78, 5) is 0. The van der Waals surface area contributed by atoms with Crippen LogP contribution in [0.5, 0.6) is 5.75 Å². The SMILES string of the molecule is COc1c(C)cc(F)c(Cl)c1CO. The van der Waals surface area contributed by atoms with Crippen LogP contribution in [0, 0.1) is 12.7 Å². The minimum Gasteiger partial charge on any atom is -0.496 e. The summed E-state index contributed by atoms with van der Waals surface area (Å²) in [6, 6.07) is 1.28. The molecule has 4 heteroatoms. The smallest absolute Gasteiger partial charge is 0.142 e. The molecule has 0 fully saturated rings. The van der Waals surface area contributed by atoms with Crippen LogP contribution in [0.3, 0.4) is 0 Å². The van der Waals surface area contributed by atoms with Crippen LogP contribution in [-0.4, -0.2) is 12.2 Å². The Morgan fingerprint density at radius 1 is 1.62 bits per heavy atom. The quantitative estimate of drug-likeness (QED) is 0.801. The maximum absolute atomic E-state index is 13.0. The molecule has 72 valence electrons. The van der Waals surface area contributed by atoms with E-state index in [1.807, 2.05) is 0 Å². The second-order valence-corrected chi connectivity index (χ2v) is 3.04. The van der Waals surface area contributed by atoms with Crippen molar-refractivity contribution in [1.82, 2.24) is 0 Å². The number of halogens is 2. The van der Waals surface area contributed by atoms with E-state index in [4.69, 9.17) is 21.4 Å². The van der Waals surface area contributed by atoms with Crippen molar-refractivity contribution in [3.63, 3.8) is 0 Å². The maximum Gasteiger partial charge on any atom is 0.142 e. The highest BCUT2D eigenvalue weighted by Crippen LogP contribution is 2.32. The monoisotopic (exact) mass is 204 g/mol. The van der Waals surface area contributed by atoms with Gasteiger partial charge in [-0.3, -0.25) is 0 Å². The summed E-state index contributed by atoms with van der Waals surface area (Å²) < 4.78 is 18.0. The normalized spacial score (nSPS) is 10.2. The minimum absolute atomic E-state index is 0.0787. The molecule has 2 nitrogen and oxygen atoms in total. The van der Waals surface area contributed by atoms with Crippen LogP contribution in [0.15, 0.2) is 6.07 Å². The van der Waals surface area contributed by atoms with Crippen LogP contribution < -0.4 is 4.74 Å². The van der Waals surface area contributed by atoms with Gasteiger partial charge in [-0.25, -0.2) is 4.39 Å². The molecule has 1 rings (SSSR count). The van der Waals surface area contributed by atoms with Gasteiger partial charge in [0, 0.05) is 5.56 Å². The molecule has 1 aromatic rings. The molecule has 13 heavy (non-hydrogen) atoms. The van der Waals surface area contributed by atoms with Gasteiger partial charge in [0.2, 0.25) is 0 Å². The first-order valence-corrected chi connectivity index (χ1v) is 4.12. The molecule has 1 N–H and O–H groups in total. The Balaban J connectivity index is 3.41. The third kappa shape index (κ3) is 1.76. The number of methoxy groups -OCH3 is 1. The molecule has 0 saturated carbocycles. The first kappa shape index (κ1) is 10.3. The predicted molar refractivity (Wildman–Crippen MR) is 48.6 cm³/mol. The Labute approximate surface area is 80.9 Å². The number of hydrogen-bond acceptors (Lipinski definition) is 2. The van der Waals surface area contributed by atoms with Crippen LogP contribution in [-0.2, 0) is 6.61 Å². The average Bonchev–Trinajstić information content (AvgIpc) is 2.10. The molecule has 0 aliphatic rings. The summed E-state index contributed by atoms with van der Waals surface area (Å²) >= 11 is 5.63. The minimum atomic E-state index is -0.538. The van der Waals surface area contributed by atoms with Gasteiger partial charge in [-0.15, -0.1) is 0 Å². The fraction of sp³-hybridized carbons (Fsp3) is 0.333. The number of ether oxygens (including phenoxy) is 1. The fourth-order valence-electron chi connectivity index (χ4n) is 1.23. The molecule has 0 heterocycles. The number of rotatable bonds is 2. The second kappa shape index (κ2) is 3.94. The van der Waals surface area contributed by atoms with Gasteiger partial charge < -0.3 is 9.84 Å². The topological polar surface area (TPSA) is 29.5 Å². The van der Waals surface area contributed by atoms with Crippen molar-refractivity contribution in [2.45, 2.75) is 13.5 Å². The summed E-state index contributed by atoms with van der Waals surface area (Å²) in [6.07, 6.45) is 0. The van der Waals surface area contributed by atoms with Crippen LogP contribution >= 0.6 is 11.6 Å². The summed E-state index contributed by atoms with van der Waals surface area (Å²) in [5, 5.41) is 8.87. The van der Waals surface area contributed by atoms with E-state index >= 15 is 0 Å². The fourth-order valence-corrected chi connectivity index (χ4v) is 1.43. The third-order valence-corrected chi connectivity index (χ3v) is 2.22. The molecule has 0 aliphatic carbocycles. The van der Waals surface area contributed by atoms with Crippen molar-refractivity contribution < 1.29 is 14.2 Å². The van der Waals surface area contributed by atoms with E-state index in [9.17, 15) is 4.39 Å². The molecular formula is C9H10ClFO2. The molecule has 0 bridgehead atoms. The highest BCUT2D eigenvalue weighted by atomic mass is 35.5. The largest absolute Gasteiger partial charge is 0.496 e. The maximum atomic E-state index is 13.0. The molecule has 0 aliphatic heterocycles. The summed E-state index contributed by atoms with van der Waals surface area (Å²) in [5.74, 6) is -0.0992. The van der Waals surface area contributed by atoms with E-state index in [-0.39, 0.29) is 11.6 Å². The number of aliphatic hydroxyl groups is 1. The van der Waals surface area contributed by atoms with E-state index in [2.05, 4.69) is 0 Å². The zero-order valence-electron chi connectivity index (χ0n) is 7.40. The zero-order chi connectivity index (χ0) is 10.0. The van der Waals surface area contributed by atoms with Crippen molar-refractivity contribution in [2.24, 2.45) is 0 Å². The van der Waals surface area contributed by atoms with Gasteiger partial charge in [0.15, 0.2) is 0 Å². The Kier molecular flexibility index (Phi) is 3.12. The molecule has 0 spiro atoms. The summed E-state index contributed by atoms with van der Waals surface area (Å²) in [5.41, 5.74) is 0.912. The van der Waals surface area contributed by atoms with Crippen molar-refractivity contribution in [3.05, 3.63) is 28.0 Å². The Morgan fingerprint density at radius 3 is 2.69 bits per heavy atom. The van der Waals surface area contributed by atoms with Gasteiger partial charge in [0.25, 0.3) is 0 Å². The Bertz CT molecular complexity index is 326. The highest BCUT2D eigenvalue weighted by Gasteiger charge is 2.14. The predicted octanol–water partition coefficient (Wildman–Crippen LogP) is 2.29. The second-order valence-electron chi connectivity index (χ2n) is 2.66. The first-order chi connectivity index (χ1) is 6.11. The number of aryl methyl sites for hydroxylation is 1. The lowest BCUT2D eigenvalue weighted by molar-refractivity contribution is 0.272. The number of benzene rings is 1. The van der Waals surface area contributed by atoms with Crippen molar-refractivity contribution in [1.29, 1.82) is 0 Å². The van der Waals surface area contributed by atoms with Crippen molar-refractivity contribution in [3.8, 4) is 5.75 Å². The van der Waals surface area contributed by atoms with Crippen molar-refractivity contribution in [2.75, 3.05) is 7.11 Å². The molecule has 0 amide bonds. The highest BCUT2D eigenvalue weighted by molar-refractivity contribution is 6.31. The summed E-state index contributed by atoms with van der Waals surface area (Å²) in [6.45, 7) is 1.36. The molecule has 1 aromatic carbocycles. The third-order valence-electron chi connectivity index (χ3n) is 1.81. The molecule has 0 atom stereocenters. The van der Waals surface area contributed by atoms with E-state index in [0.717, 1.165) is 0 Å². The first-order valence-electron chi connectivity index (χ1n) is 3.74. The lowest BCUT2D eigenvalue weighted by Gasteiger charge is -2.11. The van der Waals surface area contributed by atoms with Gasteiger partial charge in [-0.2, -0.15) is 0 Å². The van der Waals surface area contributed by atoms with Crippen molar-refractivity contribution >= 4 is 11.6 Å². The molecule has 0 aromatic heterocycles. The lowest BCUT2D eigenvalue weighted by Crippen LogP contribution is -1.98. The van der Waals surface area contributed by atoms with E-state index in [0.29, 0.717) is 16.9 Å². The Morgan fingerprint density at radius 2 is 2.23 bits per heavy atom. The van der Waals surface area contributed by atoms with Gasteiger partial charge in [0.1, 0.15) is 11.6 Å². The lowest BCUT2D eigenvalue weighted by atomic mass is 10.1. The van der Waals surface area contributed by atoms with Gasteiger partial charge in [-0.05, 0) is 18.6 Å². The Hall–Kier alpha value is -0.800. The van der Waals surface area contributed by atoms with Crippen LogP contribution in [0.1, 0.15) is 11.1 Å². The zero-order valence-corrected chi connectivity index (χ0v) is 8.15. The van der Waals surface area contributed by atoms with Crippen LogP contribution in [0.4, 0.5) is 4.39 Å².